The summed E-state index contributed by atoms with van der Waals surface area (Å²) in [5.74, 6) is 0. The lowest BCUT2D eigenvalue weighted by Gasteiger charge is -2.26. The van der Waals surface area contributed by atoms with Gasteiger partial charge in [0.25, 0.3) is 0 Å². The molecule has 2 aliphatic rings. The predicted octanol–water partition coefficient (Wildman–Crippen LogP) is 0.217. The Morgan fingerprint density at radius 2 is 1.78 bits per heavy atom. The first-order valence-electron chi connectivity index (χ1n) is 3.77. The summed E-state index contributed by atoms with van der Waals surface area (Å²) in [4.78, 5) is 2.52. The molecule has 2 fully saturated rings. The SMILES string of the molecule is C1CN([C]2CC2)CCN1. The fourth-order valence-corrected chi connectivity index (χ4v) is 1.35. The molecule has 0 aromatic rings. The number of hydrogen-bond donors (Lipinski definition) is 1. The van der Waals surface area contributed by atoms with E-state index in [1.54, 1.807) is 6.04 Å². The van der Waals surface area contributed by atoms with Crippen LogP contribution in [0.25, 0.3) is 0 Å². The second kappa shape index (κ2) is 2.27. The first-order valence-corrected chi connectivity index (χ1v) is 3.77. The summed E-state index contributed by atoms with van der Waals surface area (Å²) in [5.41, 5.74) is 0. The van der Waals surface area contributed by atoms with Crippen LogP contribution in [0, 0.1) is 6.04 Å². The number of nitrogens with one attached hydrogen (secondary N) is 1. The van der Waals surface area contributed by atoms with Crippen molar-refractivity contribution in [2.45, 2.75) is 12.8 Å². The van der Waals surface area contributed by atoms with Gasteiger partial charge in [-0.15, -0.1) is 0 Å². The van der Waals surface area contributed by atoms with Crippen molar-refractivity contribution in [3.63, 3.8) is 0 Å². The number of piperazine rings is 1. The van der Waals surface area contributed by atoms with E-state index in [0.29, 0.717) is 0 Å². The quantitative estimate of drug-likeness (QED) is 0.539. The lowest BCUT2D eigenvalue weighted by atomic mass is 10.3. The molecular formula is C7H13N2. The Morgan fingerprint density at radius 3 is 2.33 bits per heavy atom. The highest BCUT2D eigenvalue weighted by Crippen LogP contribution is 2.35. The van der Waals surface area contributed by atoms with Crippen LogP contribution in [0.2, 0.25) is 0 Å². The first-order chi connectivity index (χ1) is 4.47. The van der Waals surface area contributed by atoms with E-state index < -0.39 is 0 Å². The van der Waals surface area contributed by atoms with Gasteiger partial charge in [-0.1, -0.05) is 0 Å². The van der Waals surface area contributed by atoms with Crippen LogP contribution in [0.5, 0.6) is 0 Å². The van der Waals surface area contributed by atoms with Gasteiger partial charge in [0, 0.05) is 32.2 Å². The van der Waals surface area contributed by atoms with E-state index >= 15 is 0 Å². The molecule has 51 valence electrons. The molecule has 0 amide bonds. The van der Waals surface area contributed by atoms with Crippen molar-refractivity contribution >= 4 is 0 Å². The van der Waals surface area contributed by atoms with Gasteiger partial charge < -0.3 is 5.32 Å². The van der Waals surface area contributed by atoms with Crippen LogP contribution in [-0.4, -0.2) is 31.1 Å². The molecule has 0 spiro atoms. The number of hydrogen-bond acceptors (Lipinski definition) is 2. The maximum Gasteiger partial charge on any atom is 0.0395 e. The van der Waals surface area contributed by atoms with Gasteiger partial charge in [-0.2, -0.15) is 0 Å². The zero-order valence-electron chi connectivity index (χ0n) is 5.69. The highest BCUT2D eigenvalue weighted by molar-refractivity contribution is 5.05. The molecular weight excluding hydrogens is 112 g/mol. The highest BCUT2D eigenvalue weighted by Gasteiger charge is 2.30. The monoisotopic (exact) mass is 125 g/mol. The van der Waals surface area contributed by atoms with Gasteiger partial charge in [0.05, 0.1) is 0 Å². The fourth-order valence-electron chi connectivity index (χ4n) is 1.35. The van der Waals surface area contributed by atoms with Gasteiger partial charge in [-0.3, -0.25) is 4.90 Å². The molecule has 1 saturated heterocycles. The van der Waals surface area contributed by atoms with Gasteiger partial charge >= 0.3 is 0 Å². The third-order valence-electron chi connectivity index (χ3n) is 2.04. The third-order valence-corrected chi connectivity index (χ3v) is 2.04. The minimum atomic E-state index is 1.18. The lowest BCUT2D eigenvalue weighted by Crippen LogP contribution is -2.42. The van der Waals surface area contributed by atoms with Crippen molar-refractivity contribution in [3.8, 4) is 0 Å². The molecule has 0 aromatic heterocycles. The van der Waals surface area contributed by atoms with Gasteiger partial charge in [0.2, 0.25) is 0 Å². The van der Waals surface area contributed by atoms with Gasteiger partial charge in [0.1, 0.15) is 0 Å². The van der Waals surface area contributed by atoms with Crippen molar-refractivity contribution < 1.29 is 0 Å². The second-order valence-corrected chi connectivity index (χ2v) is 2.80. The van der Waals surface area contributed by atoms with Crippen LogP contribution in [-0.2, 0) is 0 Å². The van der Waals surface area contributed by atoms with Crippen molar-refractivity contribution in [1.82, 2.24) is 10.2 Å². The minimum Gasteiger partial charge on any atom is -0.314 e. The van der Waals surface area contributed by atoms with E-state index in [9.17, 15) is 0 Å². The highest BCUT2D eigenvalue weighted by atomic mass is 15.2. The standard InChI is InChI=1S/C7H13N2/c1-2-7(1)9-5-3-8-4-6-9/h8H,1-6H2. The van der Waals surface area contributed by atoms with Gasteiger partial charge in [-0.25, -0.2) is 0 Å². The molecule has 1 heterocycles. The summed E-state index contributed by atoms with van der Waals surface area (Å²) in [6.45, 7) is 4.86. The summed E-state index contributed by atoms with van der Waals surface area (Å²) in [6.07, 6.45) is 2.75. The maximum absolute atomic E-state index is 3.34. The van der Waals surface area contributed by atoms with E-state index in [2.05, 4.69) is 10.2 Å². The summed E-state index contributed by atoms with van der Waals surface area (Å²) in [7, 11) is 0. The summed E-state index contributed by atoms with van der Waals surface area (Å²) in [6, 6.07) is 1.69. The maximum atomic E-state index is 3.34. The average Bonchev–Trinajstić information content (AvgIpc) is 2.71. The van der Waals surface area contributed by atoms with Crippen molar-refractivity contribution in [1.29, 1.82) is 0 Å². The predicted molar refractivity (Wildman–Crippen MR) is 36.9 cm³/mol. The Kier molecular flexibility index (Phi) is 1.44. The van der Waals surface area contributed by atoms with Gasteiger partial charge in [0.15, 0.2) is 0 Å². The van der Waals surface area contributed by atoms with Crippen LogP contribution in [0.15, 0.2) is 0 Å². The van der Waals surface area contributed by atoms with Crippen molar-refractivity contribution in [2.24, 2.45) is 0 Å². The average molecular weight is 125 g/mol. The molecule has 0 unspecified atom stereocenters. The third kappa shape index (κ3) is 1.25. The smallest absolute Gasteiger partial charge is 0.0395 e. The van der Waals surface area contributed by atoms with E-state index in [4.69, 9.17) is 0 Å². The Hall–Kier alpha value is -0.0800. The zero-order chi connectivity index (χ0) is 6.10. The molecule has 1 radical (unpaired) electrons. The second-order valence-electron chi connectivity index (χ2n) is 2.80. The molecule has 9 heavy (non-hydrogen) atoms. The Balaban J connectivity index is 1.80. The topological polar surface area (TPSA) is 15.3 Å². The summed E-state index contributed by atoms with van der Waals surface area (Å²) in [5, 5.41) is 3.34. The van der Waals surface area contributed by atoms with Gasteiger partial charge in [-0.05, 0) is 12.8 Å². The van der Waals surface area contributed by atoms with Crippen molar-refractivity contribution in [2.75, 3.05) is 26.2 Å². The molecule has 2 nitrogen and oxygen atoms in total. The Morgan fingerprint density at radius 1 is 1.11 bits per heavy atom. The van der Waals surface area contributed by atoms with Crippen LogP contribution in [0.3, 0.4) is 0 Å². The van der Waals surface area contributed by atoms with Crippen LogP contribution in [0.4, 0.5) is 0 Å². The van der Waals surface area contributed by atoms with Crippen LogP contribution in [0.1, 0.15) is 12.8 Å². The molecule has 0 atom stereocenters. The Labute approximate surface area is 56.2 Å². The molecule has 2 heteroatoms. The van der Waals surface area contributed by atoms with Crippen LogP contribution < -0.4 is 5.32 Å². The molecule has 1 aliphatic heterocycles. The fraction of sp³-hybridized carbons (Fsp3) is 0.857. The van der Waals surface area contributed by atoms with Crippen molar-refractivity contribution in [3.05, 3.63) is 6.04 Å². The van der Waals surface area contributed by atoms with E-state index in [0.717, 1.165) is 0 Å². The molecule has 0 bridgehead atoms. The largest absolute Gasteiger partial charge is 0.314 e. The summed E-state index contributed by atoms with van der Waals surface area (Å²) < 4.78 is 0. The molecule has 1 saturated carbocycles. The lowest BCUT2D eigenvalue weighted by molar-refractivity contribution is 0.281. The minimum absolute atomic E-state index is 1.18. The van der Waals surface area contributed by atoms with E-state index in [1.807, 2.05) is 0 Å². The number of nitrogens with zero attached hydrogens (tertiary/aromatic N) is 1. The zero-order valence-corrected chi connectivity index (χ0v) is 5.69. The molecule has 2 rings (SSSR count). The molecule has 1 aliphatic carbocycles. The molecule has 0 aromatic carbocycles. The van der Waals surface area contributed by atoms with E-state index in [-0.39, 0.29) is 0 Å². The first kappa shape index (κ1) is 5.69. The Bertz CT molecular complexity index is 93.1. The van der Waals surface area contributed by atoms with E-state index in [1.165, 1.54) is 39.0 Å². The normalized spacial score (nSPS) is 30.7. The number of rotatable bonds is 1. The summed E-state index contributed by atoms with van der Waals surface area (Å²) >= 11 is 0. The molecule has 1 N–H and O–H groups in total. The van der Waals surface area contributed by atoms with Crippen LogP contribution >= 0.6 is 0 Å².